The number of pyridine rings is 1. The number of carbonyl (C=O) groups excluding carboxylic acids is 1. The SMILES string of the molecule is Cc1cnc(C(=O)n2ncc3c(Cl)nc(N)nc32)c(C)c1Br. The molecular weight excluding hydrogens is 372 g/mol. The third-order valence-electron chi connectivity index (χ3n) is 3.21. The molecule has 7 nitrogen and oxygen atoms in total. The zero-order valence-corrected chi connectivity index (χ0v) is 14.0. The van der Waals surface area contributed by atoms with Crippen molar-refractivity contribution in [2.75, 3.05) is 5.73 Å². The minimum absolute atomic E-state index is 0.0261. The smallest absolute Gasteiger partial charge is 0.299 e. The molecule has 0 radical (unpaired) electrons. The van der Waals surface area contributed by atoms with Crippen LogP contribution in [0, 0.1) is 13.8 Å². The fraction of sp³-hybridized carbons (Fsp3) is 0.154. The number of anilines is 1. The summed E-state index contributed by atoms with van der Waals surface area (Å²) in [4.78, 5) is 24.8. The lowest BCUT2D eigenvalue weighted by Crippen LogP contribution is -2.18. The Balaban J connectivity index is 2.20. The summed E-state index contributed by atoms with van der Waals surface area (Å²) in [7, 11) is 0. The second-order valence-corrected chi connectivity index (χ2v) is 5.85. The minimum atomic E-state index is -0.414. The number of aromatic nitrogens is 5. The molecule has 0 aliphatic heterocycles. The van der Waals surface area contributed by atoms with Gasteiger partial charge in [0.1, 0.15) is 10.8 Å². The van der Waals surface area contributed by atoms with Crippen molar-refractivity contribution in [3.63, 3.8) is 0 Å². The van der Waals surface area contributed by atoms with E-state index < -0.39 is 5.91 Å². The second-order valence-electron chi connectivity index (χ2n) is 4.70. The summed E-state index contributed by atoms with van der Waals surface area (Å²) in [6.07, 6.45) is 3.04. The first-order valence-electron chi connectivity index (χ1n) is 6.23. The highest BCUT2D eigenvalue weighted by molar-refractivity contribution is 9.10. The molecular formula is C13H10BrClN6O. The normalized spacial score (nSPS) is 11.1. The third-order valence-corrected chi connectivity index (χ3v) is 4.72. The van der Waals surface area contributed by atoms with Crippen molar-refractivity contribution >= 4 is 50.4 Å². The molecule has 0 unspecified atom stereocenters. The summed E-state index contributed by atoms with van der Waals surface area (Å²) in [6, 6.07) is 0. The molecule has 112 valence electrons. The molecule has 0 atom stereocenters. The Hall–Kier alpha value is -2.06. The molecule has 0 aromatic carbocycles. The predicted octanol–water partition coefficient (Wildman–Crippen LogP) is 2.52. The van der Waals surface area contributed by atoms with Crippen LogP contribution in [0.1, 0.15) is 21.6 Å². The van der Waals surface area contributed by atoms with Gasteiger partial charge in [0, 0.05) is 10.7 Å². The fourth-order valence-electron chi connectivity index (χ4n) is 2.07. The molecule has 0 saturated heterocycles. The van der Waals surface area contributed by atoms with Crippen LogP contribution in [0.3, 0.4) is 0 Å². The highest BCUT2D eigenvalue weighted by Crippen LogP contribution is 2.25. The van der Waals surface area contributed by atoms with Gasteiger partial charge >= 0.3 is 0 Å². The van der Waals surface area contributed by atoms with Crippen molar-refractivity contribution in [3.8, 4) is 0 Å². The first kappa shape index (κ1) is 14.9. The standard InChI is InChI=1S/C13H10BrClN6O/c1-5-3-17-9(6(2)8(5)14)12(22)21-11-7(4-18-21)10(15)19-13(16)20-11/h3-4H,1-2H3,(H2,16,19,20). The Bertz CT molecular complexity index is 923. The molecule has 0 aliphatic carbocycles. The number of nitrogen functional groups attached to an aromatic ring is 1. The maximum Gasteiger partial charge on any atom is 0.299 e. The van der Waals surface area contributed by atoms with Crippen LogP contribution in [-0.2, 0) is 0 Å². The first-order valence-corrected chi connectivity index (χ1v) is 7.40. The lowest BCUT2D eigenvalue weighted by molar-refractivity contribution is 0.0944. The second kappa shape index (κ2) is 5.29. The van der Waals surface area contributed by atoms with Crippen molar-refractivity contribution in [2.45, 2.75) is 13.8 Å². The molecule has 3 aromatic heterocycles. The average molecular weight is 382 g/mol. The largest absolute Gasteiger partial charge is 0.368 e. The van der Waals surface area contributed by atoms with E-state index in [1.807, 2.05) is 6.92 Å². The van der Waals surface area contributed by atoms with Gasteiger partial charge in [0.05, 0.1) is 11.6 Å². The summed E-state index contributed by atoms with van der Waals surface area (Å²) < 4.78 is 1.95. The van der Waals surface area contributed by atoms with E-state index in [1.54, 1.807) is 13.1 Å². The molecule has 0 amide bonds. The number of fused-ring (bicyclic) bond motifs is 1. The van der Waals surface area contributed by atoms with Crippen LogP contribution in [0.5, 0.6) is 0 Å². The number of halogens is 2. The van der Waals surface area contributed by atoms with E-state index in [0.717, 1.165) is 20.3 Å². The molecule has 3 heterocycles. The maximum atomic E-state index is 12.7. The molecule has 3 rings (SSSR count). The van der Waals surface area contributed by atoms with Gasteiger partial charge in [-0.25, -0.2) is 4.98 Å². The van der Waals surface area contributed by atoms with Crippen LogP contribution in [0.15, 0.2) is 16.9 Å². The van der Waals surface area contributed by atoms with Gasteiger partial charge < -0.3 is 5.73 Å². The van der Waals surface area contributed by atoms with Crippen LogP contribution in [0.25, 0.3) is 11.0 Å². The van der Waals surface area contributed by atoms with Gasteiger partial charge in [-0.1, -0.05) is 27.5 Å². The topological polar surface area (TPSA) is 99.6 Å². The van der Waals surface area contributed by atoms with Crippen LogP contribution in [0.4, 0.5) is 5.95 Å². The maximum absolute atomic E-state index is 12.7. The first-order chi connectivity index (χ1) is 10.4. The van der Waals surface area contributed by atoms with Gasteiger partial charge in [0.25, 0.3) is 5.91 Å². The summed E-state index contributed by atoms with van der Waals surface area (Å²) in [5.41, 5.74) is 7.77. The zero-order chi connectivity index (χ0) is 16.0. The molecule has 0 aliphatic rings. The average Bonchev–Trinajstić information content (AvgIpc) is 2.88. The van der Waals surface area contributed by atoms with Gasteiger partial charge in [-0.3, -0.25) is 9.78 Å². The van der Waals surface area contributed by atoms with Crippen molar-refractivity contribution in [2.24, 2.45) is 0 Å². The van der Waals surface area contributed by atoms with Crippen molar-refractivity contribution in [1.29, 1.82) is 0 Å². The molecule has 0 fully saturated rings. The summed E-state index contributed by atoms with van der Waals surface area (Å²) in [5.74, 6) is -0.441. The van der Waals surface area contributed by atoms with Crippen molar-refractivity contribution in [3.05, 3.63) is 38.8 Å². The van der Waals surface area contributed by atoms with Gasteiger partial charge in [-0.2, -0.15) is 14.8 Å². The van der Waals surface area contributed by atoms with E-state index in [1.165, 1.54) is 6.20 Å². The number of nitrogens with two attached hydrogens (primary N) is 1. The molecule has 22 heavy (non-hydrogen) atoms. The number of hydrogen-bond acceptors (Lipinski definition) is 6. The highest BCUT2D eigenvalue weighted by Gasteiger charge is 2.21. The Labute approximate surface area is 138 Å². The van der Waals surface area contributed by atoms with E-state index in [9.17, 15) is 4.79 Å². The molecule has 0 bridgehead atoms. The van der Waals surface area contributed by atoms with E-state index in [2.05, 4.69) is 36.0 Å². The zero-order valence-electron chi connectivity index (χ0n) is 11.6. The van der Waals surface area contributed by atoms with E-state index in [4.69, 9.17) is 17.3 Å². The Kier molecular flexibility index (Phi) is 3.57. The number of rotatable bonds is 1. The van der Waals surface area contributed by atoms with Gasteiger partial charge in [-0.15, -0.1) is 0 Å². The third kappa shape index (κ3) is 2.24. The van der Waals surface area contributed by atoms with E-state index in [-0.39, 0.29) is 22.4 Å². The Morgan fingerprint density at radius 1 is 1.32 bits per heavy atom. The van der Waals surface area contributed by atoms with Crippen LogP contribution in [0.2, 0.25) is 5.15 Å². The summed E-state index contributed by atoms with van der Waals surface area (Å²) in [6.45, 7) is 3.70. The molecule has 0 spiro atoms. The van der Waals surface area contributed by atoms with Crippen LogP contribution < -0.4 is 5.73 Å². The quantitative estimate of drug-likeness (QED) is 0.650. The number of aryl methyl sites for hydroxylation is 1. The molecule has 2 N–H and O–H groups in total. The van der Waals surface area contributed by atoms with Crippen LogP contribution >= 0.6 is 27.5 Å². The Morgan fingerprint density at radius 3 is 2.77 bits per heavy atom. The number of nitrogens with zero attached hydrogens (tertiary/aromatic N) is 5. The molecule has 3 aromatic rings. The van der Waals surface area contributed by atoms with E-state index in [0.29, 0.717) is 5.39 Å². The number of carbonyl (C=O) groups is 1. The van der Waals surface area contributed by atoms with Gasteiger partial charge in [0.15, 0.2) is 5.65 Å². The highest BCUT2D eigenvalue weighted by atomic mass is 79.9. The van der Waals surface area contributed by atoms with Crippen molar-refractivity contribution in [1.82, 2.24) is 24.7 Å². The lowest BCUT2D eigenvalue weighted by Gasteiger charge is -2.08. The fourth-order valence-corrected chi connectivity index (χ4v) is 2.58. The van der Waals surface area contributed by atoms with Gasteiger partial charge in [-0.05, 0) is 25.0 Å². The molecule has 9 heteroatoms. The summed E-state index contributed by atoms with van der Waals surface area (Å²) >= 11 is 9.43. The number of hydrogen-bond donors (Lipinski definition) is 1. The summed E-state index contributed by atoms with van der Waals surface area (Å²) in [5, 5.41) is 4.64. The van der Waals surface area contributed by atoms with E-state index >= 15 is 0 Å². The predicted molar refractivity (Wildman–Crippen MR) is 85.9 cm³/mol. The molecule has 0 saturated carbocycles. The minimum Gasteiger partial charge on any atom is -0.368 e. The lowest BCUT2D eigenvalue weighted by atomic mass is 10.1. The monoisotopic (exact) mass is 380 g/mol. The van der Waals surface area contributed by atoms with Crippen molar-refractivity contribution < 1.29 is 4.79 Å². The van der Waals surface area contributed by atoms with Crippen LogP contribution in [-0.4, -0.2) is 30.6 Å². The Morgan fingerprint density at radius 2 is 2.05 bits per heavy atom. The van der Waals surface area contributed by atoms with Gasteiger partial charge in [0.2, 0.25) is 5.95 Å².